The molecule has 0 fully saturated rings. The molecule has 0 spiro atoms. The van der Waals surface area contributed by atoms with Crippen LogP contribution in [0.15, 0.2) is 77.7 Å². The Morgan fingerprint density at radius 1 is 0.967 bits per heavy atom. The maximum atomic E-state index is 12.6. The van der Waals surface area contributed by atoms with Crippen molar-refractivity contribution in [1.82, 2.24) is 0 Å². The number of anilines is 2. The zero-order valence-electron chi connectivity index (χ0n) is 16.4. The highest BCUT2D eigenvalue weighted by molar-refractivity contribution is 7.89. The quantitative estimate of drug-likeness (QED) is 0.640. The van der Waals surface area contributed by atoms with Crippen LogP contribution in [0.5, 0.6) is 0 Å². The van der Waals surface area contributed by atoms with Gasteiger partial charge in [0.1, 0.15) is 0 Å². The average Bonchev–Trinajstić information content (AvgIpc) is 3.12. The van der Waals surface area contributed by atoms with Gasteiger partial charge < -0.3 is 10.2 Å². The number of para-hydroxylation sites is 2. The maximum absolute atomic E-state index is 12.6. The molecule has 154 valence electrons. The molecular weight excluding hydrogens is 398 g/mol. The van der Waals surface area contributed by atoms with Crippen LogP contribution in [0.3, 0.4) is 0 Å². The summed E-state index contributed by atoms with van der Waals surface area (Å²) in [4.78, 5) is 14.9. The molecule has 0 unspecified atom stereocenters. The molecule has 30 heavy (non-hydrogen) atoms. The van der Waals surface area contributed by atoms with E-state index in [1.165, 1.54) is 23.4 Å². The largest absolute Gasteiger partial charge is 0.367 e. The van der Waals surface area contributed by atoms with Crippen LogP contribution in [0, 0.1) is 0 Å². The molecular formula is C23H23N3O3S. The Kier molecular flexibility index (Phi) is 5.57. The molecule has 3 aromatic rings. The second-order valence-electron chi connectivity index (χ2n) is 7.37. The van der Waals surface area contributed by atoms with Gasteiger partial charge in [-0.1, -0.05) is 48.5 Å². The van der Waals surface area contributed by atoms with Crippen LogP contribution >= 0.6 is 0 Å². The number of sulfonamides is 1. The van der Waals surface area contributed by atoms with Crippen LogP contribution < -0.4 is 15.4 Å². The van der Waals surface area contributed by atoms with Crippen molar-refractivity contribution in [3.05, 3.63) is 89.5 Å². The van der Waals surface area contributed by atoms with E-state index in [9.17, 15) is 13.2 Å². The summed E-state index contributed by atoms with van der Waals surface area (Å²) in [6.07, 6.45) is 1.17. The van der Waals surface area contributed by atoms with Crippen molar-refractivity contribution < 1.29 is 13.2 Å². The minimum atomic E-state index is -3.74. The number of carbonyl (C=O) groups is 1. The lowest BCUT2D eigenvalue weighted by atomic mass is 10.1. The number of fused-ring (bicyclic) bond motifs is 1. The van der Waals surface area contributed by atoms with Crippen molar-refractivity contribution in [3.8, 4) is 0 Å². The van der Waals surface area contributed by atoms with Crippen molar-refractivity contribution in [1.29, 1.82) is 0 Å². The third-order valence-corrected chi connectivity index (χ3v) is 6.18. The number of hydrogen-bond donors (Lipinski definition) is 2. The van der Waals surface area contributed by atoms with E-state index < -0.39 is 10.0 Å². The van der Waals surface area contributed by atoms with E-state index in [1.54, 1.807) is 12.1 Å². The zero-order valence-corrected chi connectivity index (χ0v) is 17.2. The summed E-state index contributed by atoms with van der Waals surface area (Å²) >= 11 is 0. The molecule has 1 aliphatic rings. The van der Waals surface area contributed by atoms with Crippen molar-refractivity contribution in [2.24, 2.45) is 5.14 Å². The molecule has 7 heteroatoms. The molecule has 0 saturated heterocycles. The van der Waals surface area contributed by atoms with Gasteiger partial charge in [-0.3, -0.25) is 4.79 Å². The normalized spacial score (nSPS) is 13.2. The van der Waals surface area contributed by atoms with E-state index >= 15 is 0 Å². The summed E-state index contributed by atoms with van der Waals surface area (Å²) in [6, 6.07) is 22.2. The Morgan fingerprint density at radius 3 is 2.43 bits per heavy atom. The molecule has 0 aliphatic carbocycles. The molecule has 1 heterocycles. The molecule has 1 amide bonds. The first kappa shape index (κ1) is 20.1. The lowest BCUT2D eigenvalue weighted by Gasteiger charge is -2.21. The first-order chi connectivity index (χ1) is 14.4. The smallest absolute Gasteiger partial charge is 0.238 e. The number of amides is 1. The van der Waals surface area contributed by atoms with Gasteiger partial charge in [0.05, 0.1) is 11.3 Å². The Morgan fingerprint density at radius 2 is 1.67 bits per heavy atom. The fourth-order valence-corrected chi connectivity index (χ4v) is 4.25. The van der Waals surface area contributed by atoms with Crippen molar-refractivity contribution in [3.63, 3.8) is 0 Å². The molecule has 3 aromatic carbocycles. The Labute approximate surface area is 176 Å². The number of rotatable bonds is 6. The van der Waals surface area contributed by atoms with Gasteiger partial charge in [0.15, 0.2) is 0 Å². The summed E-state index contributed by atoms with van der Waals surface area (Å²) < 4.78 is 22.7. The average molecular weight is 422 g/mol. The first-order valence-electron chi connectivity index (χ1n) is 9.72. The van der Waals surface area contributed by atoms with Crippen LogP contribution in [0.4, 0.5) is 11.4 Å². The highest BCUT2D eigenvalue weighted by atomic mass is 32.2. The molecule has 0 aromatic heterocycles. The Bertz CT molecular complexity index is 1170. The zero-order chi connectivity index (χ0) is 21.1. The van der Waals surface area contributed by atoms with Crippen molar-refractivity contribution >= 4 is 27.3 Å². The number of primary sulfonamides is 1. The van der Waals surface area contributed by atoms with Crippen LogP contribution in [0.25, 0.3) is 0 Å². The minimum absolute atomic E-state index is 0.0305. The van der Waals surface area contributed by atoms with Gasteiger partial charge >= 0.3 is 0 Å². The number of hydrogen-bond acceptors (Lipinski definition) is 4. The van der Waals surface area contributed by atoms with E-state index in [-0.39, 0.29) is 17.2 Å². The van der Waals surface area contributed by atoms with Gasteiger partial charge in [0.2, 0.25) is 15.9 Å². The van der Waals surface area contributed by atoms with Gasteiger partial charge in [-0.25, -0.2) is 13.6 Å². The van der Waals surface area contributed by atoms with E-state index in [0.717, 1.165) is 30.8 Å². The first-order valence-corrected chi connectivity index (χ1v) is 11.3. The second kappa shape index (κ2) is 8.30. The van der Waals surface area contributed by atoms with E-state index in [2.05, 4.69) is 28.4 Å². The lowest BCUT2D eigenvalue weighted by Crippen LogP contribution is -2.22. The van der Waals surface area contributed by atoms with Gasteiger partial charge in [0, 0.05) is 24.5 Å². The minimum Gasteiger partial charge on any atom is -0.367 e. The molecule has 0 atom stereocenters. The molecule has 6 nitrogen and oxygen atoms in total. The summed E-state index contributed by atoms with van der Waals surface area (Å²) in [5.41, 5.74) is 5.14. The summed E-state index contributed by atoms with van der Waals surface area (Å²) in [6.45, 7) is 1.68. The number of benzene rings is 3. The molecule has 0 saturated carbocycles. The molecule has 4 rings (SSSR count). The van der Waals surface area contributed by atoms with Gasteiger partial charge in [-0.15, -0.1) is 0 Å². The monoisotopic (exact) mass is 421 g/mol. The van der Waals surface area contributed by atoms with Gasteiger partial charge in [0.25, 0.3) is 0 Å². The molecule has 3 N–H and O–H groups in total. The second-order valence-corrected chi connectivity index (χ2v) is 8.93. The predicted molar refractivity (Wildman–Crippen MR) is 118 cm³/mol. The van der Waals surface area contributed by atoms with Crippen LogP contribution in [-0.2, 0) is 34.2 Å². The number of carbonyl (C=O) groups excluding carboxylic acids is 1. The van der Waals surface area contributed by atoms with Crippen LogP contribution in [0.1, 0.15) is 16.7 Å². The van der Waals surface area contributed by atoms with Crippen molar-refractivity contribution in [2.75, 3.05) is 16.8 Å². The van der Waals surface area contributed by atoms with E-state index in [0.29, 0.717) is 5.56 Å². The highest BCUT2D eigenvalue weighted by Gasteiger charge is 2.19. The number of nitrogens with two attached hydrogens (primary N) is 1. The highest BCUT2D eigenvalue weighted by Crippen LogP contribution is 2.30. The van der Waals surface area contributed by atoms with E-state index in [1.807, 2.05) is 30.3 Å². The third-order valence-electron chi connectivity index (χ3n) is 5.25. The predicted octanol–water partition coefficient (Wildman–Crippen LogP) is 3.08. The van der Waals surface area contributed by atoms with E-state index in [4.69, 9.17) is 5.14 Å². The Hall–Kier alpha value is -3.16. The van der Waals surface area contributed by atoms with Gasteiger partial charge in [-0.2, -0.15) is 0 Å². The maximum Gasteiger partial charge on any atom is 0.238 e. The summed E-state index contributed by atoms with van der Waals surface area (Å²) in [7, 11) is -3.74. The van der Waals surface area contributed by atoms with Crippen LogP contribution in [-0.4, -0.2) is 20.9 Å². The SMILES string of the molecule is NS(=O)(=O)c1ccc(CC(=O)Nc2ccccc2CN2CCc3ccccc32)cc1. The lowest BCUT2D eigenvalue weighted by molar-refractivity contribution is -0.115. The molecule has 0 radical (unpaired) electrons. The molecule has 0 bridgehead atoms. The summed E-state index contributed by atoms with van der Waals surface area (Å²) in [5, 5.41) is 8.11. The molecule has 1 aliphatic heterocycles. The van der Waals surface area contributed by atoms with Crippen LogP contribution in [0.2, 0.25) is 0 Å². The standard InChI is InChI=1S/C23H23N3O3S/c24-30(28,29)20-11-9-17(10-12-20)15-23(27)25-21-7-3-1-6-19(21)16-26-14-13-18-5-2-4-8-22(18)26/h1-12H,13-16H2,(H,25,27)(H2,24,28,29). The Balaban J connectivity index is 1.45. The van der Waals surface area contributed by atoms with Crippen molar-refractivity contribution in [2.45, 2.75) is 24.3 Å². The third kappa shape index (κ3) is 4.53. The fraction of sp³-hybridized carbons (Fsp3) is 0.174. The summed E-state index contributed by atoms with van der Waals surface area (Å²) in [5.74, 6) is -0.160. The topological polar surface area (TPSA) is 92.5 Å². The fourth-order valence-electron chi connectivity index (χ4n) is 3.73. The van der Waals surface area contributed by atoms with Gasteiger partial charge in [-0.05, 0) is 47.4 Å². The number of nitrogens with one attached hydrogen (secondary N) is 1. The number of nitrogens with zero attached hydrogens (tertiary/aromatic N) is 1.